The van der Waals surface area contributed by atoms with Crippen LogP contribution >= 0.6 is 0 Å². The molecule has 28 heavy (non-hydrogen) atoms. The van der Waals surface area contributed by atoms with E-state index >= 15 is 0 Å². The molecule has 0 saturated heterocycles. The zero-order valence-corrected chi connectivity index (χ0v) is 19.5. The first-order chi connectivity index (χ1) is 12.3. The van der Waals surface area contributed by atoms with Gasteiger partial charge in [0.15, 0.2) is 11.4 Å². The van der Waals surface area contributed by atoms with E-state index in [-0.39, 0.29) is 87.5 Å². The fourth-order valence-corrected chi connectivity index (χ4v) is 2.70. The summed E-state index contributed by atoms with van der Waals surface area (Å²) in [6, 6.07) is 9.44. The van der Waals surface area contributed by atoms with Gasteiger partial charge in [-0.25, -0.2) is 8.42 Å². The molecule has 13 heteroatoms. The third-order valence-corrected chi connectivity index (χ3v) is 4.20. The van der Waals surface area contributed by atoms with Crippen LogP contribution in [0.1, 0.15) is 11.4 Å². The molecule has 0 saturated carbocycles. The van der Waals surface area contributed by atoms with Crippen molar-refractivity contribution in [3.8, 4) is 17.9 Å². The van der Waals surface area contributed by atoms with Gasteiger partial charge in [0.25, 0.3) is 0 Å². The van der Waals surface area contributed by atoms with Crippen molar-refractivity contribution in [1.82, 2.24) is 9.97 Å². The molecule has 1 heterocycles. The molecule has 3 rings (SSSR count). The van der Waals surface area contributed by atoms with Gasteiger partial charge in [0.2, 0.25) is 5.95 Å². The van der Waals surface area contributed by atoms with Crippen molar-refractivity contribution >= 4 is 32.5 Å². The number of rotatable bonds is 3. The molecule has 0 fully saturated rings. The summed E-state index contributed by atoms with van der Waals surface area (Å²) < 4.78 is 33.3. The van der Waals surface area contributed by atoms with Crippen molar-refractivity contribution in [2.75, 3.05) is 0 Å². The van der Waals surface area contributed by atoms with Gasteiger partial charge >= 0.3 is 59.1 Å². The first-order valence-corrected chi connectivity index (χ1v) is 8.26. The van der Waals surface area contributed by atoms with E-state index < -0.39 is 20.8 Å². The monoisotopic (exact) mass is 412 g/mol. The summed E-state index contributed by atoms with van der Waals surface area (Å²) in [5.41, 5.74) is -0.357. The van der Waals surface area contributed by atoms with Crippen molar-refractivity contribution in [2.45, 2.75) is 4.90 Å². The normalized spacial score (nSPS) is 10.7. The fraction of sp³-hybridized carbons (Fsp3) is 0. The Morgan fingerprint density at radius 3 is 2.36 bits per heavy atom. The number of imidazole rings is 1. The van der Waals surface area contributed by atoms with E-state index in [1.165, 1.54) is 12.1 Å². The summed E-state index contributed by atoms with van der Waals surface area (Å²) in [4.78, 5) is 5.78. The third-order valence-electron chi connectivity index (χ3n) is 3.37. The largest absolute Gasteiger partial charge is 1.00 e. The zero-order chi connectivity index (χ0) is 18.9. The van der Waals surface area contributed by atoms with Gasteiger partial charge in [-0.1, -0.05) is 23.9 Å². The molecule has 0 bridgehead atoms. The Hall–Kier alpha value is -1.80. The molecular formula is C15H6N6Na2O4S. The number of fused-ring (bicyclic) bond motifs is 1. The van der Waals surface area contributed by atoms with Gasteiger partial charge in [0, 0.05) is 5.39 Å². The molecule has 0 radical (unpaired) electrons. The Labute approximate surface area is 203 Å². The minimum Gasteiger partial charge on any atom is -0.871 e. The van der Waals surface area contributed by atoms with Gasteiger partial charge in [-0.2, -0.15) is 15.5 Å². The van der Waals surface area contributed by atoms with Crippen LogP contribution in [0, 0.1) is 22.7 Å². The second-order valence-electron chi connectivity index (χ2n) is 4.96. The van der Waals surface area contributed by atoms with E-state index in [9.17, 15) is 18.1 Å². The molecule has 10 nitrogen and oxygen atoms in total. The number of azo groups is 1. The van der Waals surface area contributed by atoms with E-state index in [1.807, 2.05) is 0 Å². The van der Waals surface area contributed by atoms with Crippen molar-refractivity contribution in [1.29, 1.82) is 10.5 Å². The first-order valence-electron chi connectivity index (χ1n) is 6.85. The molecule has 0 spiro atoms. The summed E-state index contributed by atoms with van der Waals surface area (Å²) in [7, 11) is -4.64. The SMILES string of the molecule is N#Cc1nc(N=Nc2c([O-])ccc3cc(S(=O)(=O)[O-])ccc23)[nH]c1C#N.[Na+].[Na+]. The molecular weight excluding hydrogens is 406 g/mol. The minimum absolute atomic E-state index is 0. The summed E-state index contributed by atoms with van der Waals surface area (Å²) >= 11 is 0. The van der Waals surface area contributed by atoms with Gasteiger partial charge in [0.05, 0.1) is 10.6 Å². The van der Waals surface area contributed by atoms with Gasteiger partial charge < -0.3 is 14.6 Å². The average Bonchev–Trinajstić information content (AvgIpc) is 3.02. The topological polar surface area (TPSA) is 181 Å². The quantitative estimate of drug-likeness (QED) is 0.256. The van der Waals surface area contributed by atoms with Crippen molar-refractivity contribution in [3.63, 3.8) is 0 Å². The van der Waals surface area contributed by atoms with E-state index in [0.29, 0.717) is 5.39 Å². The zero-order valence-electron chi connectivity index (χ0n) is 14.7. The number of aromatic nitrogens is 2. The maximum Gasteiger partial charge on any atom is 1.00 e. The van der Waals surface area contributed by atoms with Crippen molar-refractivity contribution < 1.29 is 77.2 Å². The molecule has 128 valence electrons. The first kappa shape index (κ1) is 24.2. The maximum atomic E-state index is 12.1. The molecule has 0 atom stereocenters. The van der Waals surface area contributed by atoms with Crippen LogP contribution in [0.15, 0.2) is 45.5 Å². The number of nitriles is 2. The Bertz CT molecular complexity index is 1230. The number of aromatic amines is 1. The third kappa shape index (κ3) is 4.97. The van der Waals surface area contributed by atoms with Crippen LogP contribution < -0.4 is 64.2 Å². The molecule has 0 aliphatic rings. The maximum absolute atomic E-state index is 12.1. The van der Waals surface area contributed by atoms with Crippen LogP contribution in [0.3, 0.4) is 0 Å². The van der Waals surface area contributed by atoms with E-state index in [2.05, 4.69) is 20.2 Å². The van der Waals surface area contributed by atoms with Crippen molar-refractivity contribution in [3.05, 3.63) is 41.7 Å². The second kappa shape index (κ2) is 9.60. The standard InChI is InChI=1S/C15H8N6O4S.2Na/c16-6-11-12(7-17)19-15(18-11)21-20-14-10-3-2-9(26(23,24)25)5-8(10)1-4-13(14)22;;/h1-5,22H,(H,18,19)(H,23,24,25);;/q;2*+1/p-2. The number of benzene rings is 2. The van der Waals surface area contributed by atoms with Gasteiger partial charge in [-0.3, -0.25) is 0 Å². The molecule has 2 aromatic carbocycles. The summed E-state index contributed by atoms with van der Waals surface area (Å²) in [6.45, 7) is 0. The second-order valence-corrected chi connectivity index (χ2v) is 6.34. The van der Waals surface area contributed by atoms with Crippen molar-refractivity contribution in [2.24, 2.45) is 10.2 Å². The van der Waals surface area contributed by atoms with Gasteiger partial charge in [0.1, 0.15) is 22.3 Å². The molecule has 0 aliphatic carbocycles. The van der Waals surface area contributed by atoms with E-state index in [0.717, 1.165) is 18.2 Å². The predicted molar refractivity (Wildman–Crippen MR) is 83.6 cm³/mol. The molecule has 0 unspecified atom stereocenters. The molecule has 0 amide bonds. The smallest absolute Gasteiger partial charge is 0.871 e. The Kier molecular flexibility index (Phi) is 8.31. The van der Waals surface area contributed by atoms with Gasteiger partial charge in [-0.15, -0.1) is 10.2 Å². The molecule has 0 aliphatic heterocycles. The average molecular weight is 412 g/mol. The van der Waals surface area contributed by atoms with Crippen LogP contribution in [-0.4, -0.2) is 22.9 Å². The molecule has 1 aromatic heterocycles. The number of nitrogens with one attached hydrogen (secondary N) is 1. The van der Waals surface area contributed by atoms with Crippen LogP contribution in [0.5, 0.6) is 5.75 Å². The minimum atomic E-state index is -4.64. The Balaban J connectivity index is 0.00000196. The summed E-state index contributed by atoms with van der Waals surface area (Å²) in [5.74, 6) is -0.639. The predicted octanol–water partition coefficient (Wildman–Crippen LogP) is -4.29. The van der Waals surface area contributed by atoms with Crippen LogP contribution in [-0.2, 0) is 10.1 Å². The molecule has 3 aromatic rings. The number of hydrogen-bond donors (Lipinski definition) is 1. The van der Waals surface area contributed by atoms with Crippen LogP contribution in [0.4, 0.5) is 11.6 Å². The van der Waals surface area contributed by atoms with Crippen LogP contribution in [0.25, 0.3) is 10.8 Å². The Morgan fingerprint density at radius 1 is 1.07 bits per heavy atom. The van der Waals surface area contributed by atoms with E-state index in [1.54, 1.807) is 12.1 Å². The number of hydrogen-bond acceptors (Lipinski definition) is 9. The number of nitrogens with zero attached hydrogens (tertiary/aromatic N) is 5. The Morgan fingerprint density at radius 2 is 1.79 bits per heavy atom. The molecule has 1 N–H and O–H groups in total. The summed E-state index contributed by atoms with van der Waals surface area (Å²) in [5, 5.41) is 37.8. The number of H-pyrrole nitrogens is 1. The fourth-order valence-electron chi connectivity index (χ4n) is 2.20. The van der Waals surface area contributed by atoms with Crippen LogP contribution in [0.2, 0.25) is 0 Å². The summed E-state index contributed by atoms with van der Waals surface area (Å²) in [6.07, 6.45) is 0. The van der Waals surface area contributed by atoms with E-state index in [4.69, 9.17) is 10.5 Å². The van der Waals surface area contributed by atoms with Gasteiger partial charge in [-0.05, 0) is 17.5 Å².